The number of nitrogens with zero attached hydrogens (tertiary/aromatic N) is 2. The Bertz CT molecular complexity index is 468. The molecule has 4 nitrogen and oxygen atoms in total. The fraction of sp³-hybridized carbons (Fsp3) is 0.200. The lowest BCUT2D eigenvalue weighted by Crippen LogP contribution is -2.01. The number of rotatable bonds is 2. The van der Waals surface area contributed by atoms with Gasteiger partial charge in [-0.3, -0.25) is 4.79 Å². The standard InChI is InChI=1S/C10H10N2O2/c1-7-4-14-5-8(7)10(13)9-3-12(2)6-11-9/h3-6H,1-2H3. The van der Waals surface area contributed by atoms with Crippen LogP contribution in [0.4, 0.5) is 0 Å². The zero-order chi connectivity index (χ0) is 10.1. The Morgan fingerprint density at radius 2 is 2.29 bits per heavy atom. The first-order chi connectivity index (χ1) is 6.68. The fourth-order valence-corrected chi connectivity index (χ4v) is 1.26. The average Bonchev–Trinajstić information content (AvgIpc) is 2.73. The summed E-state index contributed by atoms with van der Waals surface area (Å²) in [6, 6.07) is 0. The van der Waals surface area contributed by atoms with E-state index in [0.717, 1.165) is 5.56 Å². The summed E-state index contributed by atoms with van der Waals surface area (Å²) < 4.78 is 6.68. The molecule has 14 heavy (non-hydrogen) atoms. The third kappa shape index (κ3) is 1.35. The van der Waals surface area contributed by atoms with E-state index in [1.54, 1.807) is 23.4 Å². The van der Waals surface area contributed by atoms with Crippen LogP contribution in [0.2, 0.25) is 0 Å². The Labute approximate surface area is 81.2 Å². The van der Waals surface area contributed by atoms with E-state index < -0.39 is 0 Å². The van der Waals surface area contributed by atoms with Crippen LogP contribution in [0, 0.1) is 6.92 Å². The molecule has 0 aliphatic heterocycles. The van der Waals surface area contributed by atoms with E-state index in [0.29, 0.717) is 11.3 Å². The molecule has 0 N–H and O–H groups in total. The second-order valence-corrected chi connectivity index (χ2v) is 3.22. The molecule has 2 aromatic heterocycles. The third-order valence-electron chi connectivity index (χ3n) is 2.04. The van der Waals surface area contributed by atoms with Crippen LogP contribution in [0.25, 0.3) is 0 Å². The van der Waals surface area contributed by atoms with Crippen LogP contribution in [-0.2, 0) is 7.05 Å². The first-order valence-corrected chi connectivity index (χ1v) is 4.24. The lowest BCUT2D eigenvalue weighted by Gasteiger charge is -1.92. The molecule has 0 bridgehead atoms. The summed E-state index contributed by atoms with van der Waals surface area (Å²) in [5.41, 5.74) is 1.85. The number of ketones is 1. The van der Waals surface area contributed by atoms with Crippen molar-refractivity contribution in [2.45, 2.75) is 6.92 Å². The molecule has 72 valence electrons. The number of furan rings is 1. The fourth-order valence-electron chi connectivity index (χ4n) is 1.26. The Morgan fingerprint density at radius 1 is 1.50 bits per heavy atom. The van der Waals surface area contributed by atoms with E-state index in [2.05, 4.69) is 4.98 Å². The summed E-state index contributed by atoms with van der Waals surface area (Å²) in [6.45, 7) is 1.83. The van der Waals surface area contributed by atoms with E-state index in [1.807, 2.05) is 14.0 Å². The van der Waals surface area contributed by atoms with E-state index >= 15 is 0 Å². The lowest BCUT2D eigenvalue weighted by atomic mass is 10.1. The molecule has 0 aliphatic rings. The first kappa shape index (κ1) is 8.74. The zero-order valence-corrected chi connectivity index (χ0v) is 8.02. The molecule has 2 rings (SSSR count). The van der Waals surface area contributed by atoms with Crippen molar-refractivity contribution in [3.05, 3.63) is 41.9 Å². The molecular weight excluding hydrogens is 180 g/mol. The molecule has 0 unspecified atom stereocenters. The van der Waals surface area contributed by atoms with Crippen LogP contribution >= 0.6 is 0 Å². The molecule has 0 amide bonds. The number of hydrogen-bond donors (Lipinski definition) is 0. The van der Waals surface area contributed by atoms with Crippen molar-refractivity contribution in [3.63, 3.8) is 0 Å². The Morgan fingerprint density at radius 3 is 2.79 bits per heavy atom. The van der Waals surface area contributed by atoms with Gasteiger partial charge >= 0.3 is 0 Å². The Kier molecular flexibility index (Phi) is 1.96. The van der Waals surface area contributed by atoms with Gasteiger partial charge < -0.3 is 8.98 Å². The monoisotopic (exact) mass is 190 g/mol. The minimum Gasteiger partial charge on any atom is -0.472 e. The predicted octanol–water partition coefficient (Wildman–Crippen LogP) is 1.55. The highest BCUT2D eigenvalue weighted by atomic mass is 16.3. The molecule has 2 heterocycles. The lowest BCUT2D eigenvalue weighted by molar-refractivity contribution is 0.103. The van der Waals surface area contributed by atoms with E-state index in [-0.39, 0.29) is 5.78 Å². The van der Waals surface area contributed by atoms with Gasteiger partial charge in [0.25, 0.3) is 0 Å². The number of aromatic nitrogens is 2. The largest absolute Gasteiger partial charge is 0.472 e. The van der Waals surface area contributed by atoms with Crippen LogP contribution in [0.5, 0.6) is 0 Å². The number of hydrogen-bond acceptors (Lipinski definition) is 3. The second-order valence-electron chi connectivity index (χ2n) is 3.22. The van der Waals surface area contributed by atoms with Crippen molar-refractivity contribution >= 4 is 5.78 Å². The molecule has 0 saturated carbocycles. The summed E-state index contributed by atoms with van der Waals surface area (Å²) in [6.07, 6.45) is 6.29. The number of carbonyl (C=O) groups excluding carboxylic acids is 1. The highest BCUT2D eigenvalue weighted by molar-refractivity contribution is 6.08. The highest BCUT2D eigenvalue weighted by Gasteiger charge is 2.15. The van der Waals surface area contributed by atoms with Gasteiger partial charge in [-0.05, 0) is 12.5 Å². The molecule has 0 aliphatic carbocycles. The molecule has 0 saturated heterocycles. The van der Waals surface area contributed by atoms with Crippen molar-refractivity contribution in [1.29, 1.82) is 0 Å². The molecule has 0 aromatic carbocycles. The zero-order valence-electron chi connectivity index (χ0n) is 8.02. The van der Waals surface area contributed by atoms with Gasteiger partial charge in [0.2, 0.25) is 5.78 Å². The van der Waals surface area contributed by atoms with Gasteiger partial charge in [0.1, 0.15) is 12.0 Å². The molecule has 4 heteroatoms. The van der Waals surface area contributed by atoms with Crippen LogP contribution in [0.1, 0.15) is 21.6 Å². The third-order valence-corrected chi connectivity index (χ3v) is 2.04. The van der Waals surface area contributed by atoms with Gasteiger partial charge in [0.05, 0.1) is 18.2 Å². The Hall–Kier alpha value is -1.84. The molecule has 0 spiro atoms. The van der Waals surface area contributed by atoms with Gasteiger partial charge in [-0.1, -0.05) is 0 Å². The highest BCUT2D eigenvalue weighted by Crippen LogP contribution is 2.13. The Balaban J connectivity index is 2.38. The van der Waals surface area contributed by atoms with Gasteiger partial charge in [-0.15, -0.1) is 0 Å². The average molecular weight is 190 g/mol. The van der Waals surface area contributed by atoms with Gasteiger partial charge in [-0.25, -0.2) is 4.98 Å². The van der Waals surface area contributed by atoms with Crippen LogP contribution < -0.4 is 0 Å². The van der Waals surface area contributed by atoms with Crippen molar-refractivity contribution in [1.82, 2.24) is 9.55 Å². The van der Waals surface area contributed by atoms with Crippen molar-refractivity contribution < 1.29 is 9.21 Å². The maximum atomic E-state index is 11.8. The molecule has 2 aromatic rings. The minimum absolute atomic E-state index is 0.100. The summed E-state index contributed by atoms with van der Waals surface area (Å²) in [7, 11) is 1.83. The van der Waals surface area contributed by atoms with Crippen molar-refractivity contribution in [3.8, 4) is 0 Å². The number of aryl methyl sites for hydroxylation is 2. The van der Waals surface area contributed by atoms with Crippen LogP contribution in [-0.4, -0.2) is 15.3 Å². The van der Waals surface area contributed by atoms with Gasteiger partial charge in [0, 0.05) is 13.2 Å². The number of carbonyl (C=O) groups is 1. The molecular formula is C10H10N2O2. The first-order valence-electron chi connectivity index (χ1n) is 4.24. The van der Waals surface area contributed by atoms with Crippen molar-refractivity contribution in [2.75, 3.05) is 0 Å². The van der Waals surface area contributed by atoms with Crippen LogP contribution in [0.3, 0.4) is 0 Å². The minimum atomic E-state index is -0.100. The molecule has 0 fully saturated rings. The van der Waals surface area contributed by atoms with Crippen molar-refractivity contribution in [2.24, 2.45) is 7.05 Å². The van der Waals surface area contributed by atoms with E-state index in [4.69, 9.17) is 4.42 Å². The maximum absolute atomic E-state index is 11.8. The van der Waals surface area contributed by atoms with Gasteiger partial charge in [-0.2, -0.15) is 0 Å². The summed E-state index contributed by atoms with van der Waals surface area (Å²) in [4.78, 5) is 15.8. The predicted molar refractivity (Wildman–Crippen MR) is 50.1 cm³/mol. The SMILES string of the molecule is Cc1cocc1C(=O)c1cn(C)cn1. The van der Waals surface area contributed by atoms with E-state index in [9.17, 15) is 4.79 Å². The normalized spacial score (nSPS) is 10.4. The molecule has 0 radical (unpaired) electrons. The van der Waals surface area contributed by atoms with Crippen LogP contribution in [0.15, 0.2) is 29.5 Å². The molecule has 0 atom stereocenters. The number of imidazole rings is 1. The topological polar surface area (TPSA) is 48.0 Å². The summed E-state index contributed by atoms with van der Waals surface area (Å²) in [5.74, 6) is -0.100. The maximum Gasteiger partial charge on any atom is 0.216 e. The quantitative estimate of drug-likeness (QED) is 0.675. The van der Waals surface area contributed by atoms with Gasteiger partial charge in [0.15, 0.2) is 0 Å². The smallest absolute Gasteiger partial charge is 0.216 e. The summed E-state index contributed by atoms with van der Waals surface area (Å²) in [5, 5.41) is 0. The van der Waals surface area contributed by atoms with E-state index in [1.165, 1.54) is 6.26 Å². The summed E-state index contributed by atoms with van der Waals surface area (Å²) >= 11 is 0. The second kappa shape index (κ2) is 3.14.